The molecule has 0 aliphatic heterocycles. The SMILES string of the molecule is COc1ccc2cc(CN(C)C(=O)CSc3ccc(C(F)(F)F)cn3)ccc2c1. The van der Waals surface area contributed by atoms with Crippen LogP contribution in [-0.2, 0) is 17.5 Å². The summed E-state index contributed by atoms with van der Waals surface area (Å²) in [5.41, 5.74) is 0.176. The van der Waals surface area contributed by atoms with Crippen molar-refractivity contribution >= 4 is 28.4 Å². The normalized spacial score (nSPS) is 11.5. The van der Waals surface area contributed by atoms with Gasteiger partial charge >= 0.3 is 6.18 Å². The number of nitrogens with zero attached hydrogens (tertiary/aromatic N) is 2. The molecule has 0 bridgehead atoms. The molecule has 3 rings (SSSR count). The highest BCUT2D eigenvalue weighted by Crippen LogP contribution is 2.29. The zero-order valence-electron chi connectivity index (χ0n) is 15.9. The molecule has 8 heteroatoms. The lowest BCUT2D eigenvalue weighted by atomic mass is 10.1. The fraction of sp³-hybridized carbons (Fsp3) is 0.238. The molecule has 0 aliphatic carbocycles. The summed E-state index contributed by atoms with van der Waals surface area (Å²) in [7, 11) is 3.32. The number of fused-ring (bicyclic) bond motifs is 1. The third kappa shape index (κ3) is 5.41. The summed E-state index contributed by atoms with van der Waals surface area (Å²) in [4.78, 5) is 17.7. The minimum atomic E-state index is -4.42. The van der Waals surface area contributed by atoms with E-state index in [4.69, 9.17) is 4.74 Å². The first kappa shape index (κ1) is 21.0. The van der Waals surface area contributed by atoms with Crippen LogP contribution >= 0.6 is 11.8 Å². The van der Waals surface area contributed by atoms with E-state index in [0.29, 0.717) is 11.6 Å². The Morgan fingerprint density at radius 1 is 1.10 bits per heavy atom. The van der Waals surface area contributed by atoms with Gasteiger partial charge in [0.15, 0.2) is 0 Å². The molecule has 0 saturated carbocycles. The molecule has 1 amide bonds. The molecule has 2 aromatic carbocycles. The van der Waals surface area contributed by atoms with Gasteiger partial charge < -0.3 is 9.64 Å². The topological polar surface area (TPSA) is 42.4 Å². The second-order valence-corrected chi connectivity index (χ2v) is 7.46. The van der Waals surface area contributed by atoms with Crippen LogP contribution in [0, 0.1) is 0 Å². The first-order valence-corrected chi connectivity index (χ1v) is 9.71. The standard InChI is InChI=1S/C21H19F3N2O2S/c1-26(12-14-3-4-16-10-18(28-2)7-5-15(16)9-14)20(27)13-29-19-8-6-17(11-25-19)21(22,23)24/h3-11H,12-13H2,1-2H3. The minimum absolute atomic E-state index is 0.0969. The maximum atomic E-state index is 12.6. The van der Waals surface area contributed by atoms with Crippen molar-refractivity contribution in [2.24, 2.45) is 0 Å². The smallest absolute Gasteiger partial charge is 0.417 e. The quantitative estimate of drug-likeness (QED) is 0.526. The highest BCUT2D eigenvalue weighted by atomic mass is 32.2. The molecule has 0 radical (unpaired) electrons. The third-order valence-electron chi connectivity index (χ3n) is 4.36. The van der Waals surface area contributed by atoms with Gasteiger partial charge in [0.05, 0.1) is 23.5 Å². The van der Waals surface area contributed by atoms with Gasteiger partial charge in [-0.15, -0.1) is 0 Å². The number of pyridine rings is 1. The average Bonchev–Trinajstić information content (AvgIpc) is 2.71. The van der Waals surface area contributed by atoms with Crippen LogP contribution in [0.1, 0.15) is 11.1 Å². The zero-order chi connectivity index (χ0) is 21.0. The van der Waals surface area contributed by atoms with Crippen molar-refractivity contribution in [3.63, 3.8) is 0 Å². The van der Waals surface area contributed by atoms with Gasteiger partial charge in [-0.2, -0.15) is 13.2 Å². The molecule has 0 unspecified atom stereocenters. The Hall–Kier alpha value is -2.74. The van der Waals surface area contributed by atoms with Gasteiger partial charge in [-0.1, -0.05) is 30.0 Å². The number of hydrogen-bond acceptors (Lipinski definition) is 4. The lowest BCUT2D eigenvalue weighted by Gasteiger charge is -2.17. The van der Waals surface area contributed by atoms with Gasteiger partial charge in [-0.3, -0.25) is 4.79 Å². The second kappa shape index (κ2) is 8.73. The van der Waals surface area contributed by atoms with Crippen LogP contribution in [0.5, 0.6) is 5.75 Å². The Balaban J connectivity index is 1.58. The van der Waals surface area contributed by atoms with Crippen molar-refractivity contribution < 1.29 is 22.7 Å². The van der Waals surface area contributed by atoms with E-state index < -0.39 is 11.7 Å². The molecule has 152 valence electrons. The molecule has 1 heterocycles. The molecule has 1 aromatic heterocycles. The predicted octanol–water partition coefficient (Wildman–Crippen LogP) is 5.01. The number of ether oxygens (including phenoxy) is 1. The van der Waals surface area contributed by atoms with Gasteiger partial charge in [0.25, 0.3) is 0 Å². The van der Waals surface area contributed by atoms with Crippen molar-refractivity contribution in [3.05, 3.63) is 65.9 Å². The summed E-state index contributed by atoms with van der Waals surface area (Å²) in [5.74, 6) is 0.748. The van der Waals surface area contributed by atoms with Gasteiger partial charge in [-0.25, -0.2) is 4.98 Å². The molecular formula is C21H19F3N2O2S. The van der Waals surface area contributed by atoms with E-state index in [1.807, 2.05) is 36.4 Å². The van der Waals surface area contributed by atoms with E-state index in [2.05, 4.69) is 4.98 Å². The summed E-state index contributed by atoms with van der Waals surface area (Å²) in [6, 6.07) is 14.0. The minimum Gasteiger partial charge on any atom is -0.497 e. The van der Waals surface area contributed by atoms with Crippen molar-refractivity contribution in [2.75, 3.05) is 19.9 Å². The average molecular weight is 420 g/mol. The lowest BCUT2D eigenvalue weighted by Crippen LogP contribution is -2.27. The maximum absolute atomic E-state index is 12.6. The van der Waals surface area contributed by atoms with Gasteiger partial charge in [-0.05, 0) is 46.7 Å². The Kier molecular flexibility index (Phi) is 6.32. The van der Waals surface area contributed by atoms with Gasteiger partial charge in [0, 0.05) is 19.8 Å². The molecule has 4 nitrogen and oxygen atoms in total. The van der Waals surface area contributed by atoms with Crippen molar-refractivity contribution in [1.29, 1.82) is 0 Å². The molecular weight excluding hydrogens is 401 g/mol. The Labute approximate surface area is 170 Å². The van der Waals surface area contributed by atoms with E-state index in [1.165, 1.54) is 6.07 Å². The number of alkyl halides is 3. The van der Waals surface area contributed by atoms with Crippen LogP contribution in [-0.4, -0.2) is 35.7 Å². The van der Waals surface area contributed by atoms with E-state index in [-0.39, 0.29) is 11.7 Å². The van der Waals surface area contributed by atoms with Crippen molar-refractivity contribution in [1.82, 2.24) is 9.88 Å². The lowest BCUT2D eigenvalue weighted by molar-refractivity contribution is -0.138. The van der Waals surface area contributed by atoms with E-state index >= 15 is 0 Å². The van der Waals surface area contributed by atoms with Crippen molar-refractivity contribution in [3.8, 4) is 5.75 Å². The number of methoxy groups -OCH3 is 1. The molecule has 29 heavy (non-hydrogen) atoms. The largest absolute Gasteiger partial charge is 0.497 e. The van der Waals surface area contributed by atoms with E-state index in [9.17, 15) is 18.0 Å². The molecule has 0 spiro atoms. The molecule has 0 saturated heterocycles. The fourth-order valence-electron chi connectivity index (χ4n) is 2.74. The first-order valence-electron chi connectivity index (χ1n) is 8.73. The number of benzene rings is 2. The monoisotopic (exact) mass is 420 g/mol. The summed E-state index contributed by atoms with van der Waals surface area (Å²) >= 11 is 1.11. The Morgan fingerprint density at radius 2 is 1.83 bits per heavy atom. The van der Waals surface area contributed by atoms with Gasteiger partial charge in [0.1, 0.15) is 5.75 Å². The zero-order valence-corrected chi connectivity index (χ0v) is 16.7. The molecule has 0 fully saturated rings. The fourth-order valence-corrected chi connectivity index (χ4v) is 3.52. The first-order chi connectivity index (χ1) is 13.8. The van der Waals surface area contributed by atoms with Crippen LogP contribution in [0.15, 0.2) is 59.8 Å². The number of carbonyl (C=O) groups excluding carboxylic acids is 1. The summed E-state index contributed by atoms with van der Waals surface area (Å²) in [6.07, 6.45) is -3.64. The third-order valence-corrected chi connectivity index (χ3v) is 5.29. The summed E-state index contributed by atoms with van der Waals surface area (Å²) in [6.45, 7) is 0.432. The highest BCUT2D eigenvalue weighted by molar-refractivity contribution is 7.99. The van der Waals surface area contributed by atoms with Crippen LogP contribution < -0.4 is 4.74 Å². The van der Waals surface area contributed by atoms with Crippen LogP contribution in [0.2, 0.25) is 0 Å². The number of thioether (sulfide) groups is 1. The Bertz CT molecular complexity index is 1010. The second-order valence-electron chi connectivity index (χ2n) is 6.47. The van der Waals surface area contributed by atoms with E-state index in [1.54, 1.807) is 19.1 Å². The Morgan fingerprint density at radius 3 is 2.48 bits per heavy atom. The number of aromatic nitrogens is 1. The number of hydrogen-bond donors (Lipinski definition) is 0. The molecule has 0 aliphatic rings. The predicted molar refractivity (Wildman–Crippen MR) is 107 cm³/mol. The van der Waals surface area contributed by atoms with Crippen LogP contribution in [0.25, 0.3) is 10.8 Å². The number of amides is 1. The summed E-state index contributed by atoms with van der Waals surface area (Å²) < 4.78 is 42.9. The summed E-state index contributed by atoms with van der Waals surface area (Å²) in [5, 5.41) is 2.47. The number of halogens is 3. The van der Waals surface area contributed by atoms with Gasteiger partial charge in [0.2, 0.25) is 5.91 Å². The van der Waals surface area contributed by atoms with E-state index in [0.717, 1.165) is 46.1 Å². The molecule has 3 aromatic rings. The highest BCUT2D eigenvalue weighted by Gasteiger charge is 2.30. The molecule has 0 atom stereocenters. The maximum Gasteiger partial charge on any atom is 0.417 e. The number of rotatable bonds is 6. The van der Waals surface area contributed by atoms with Crippen molar-refractivity contribution in [2.45, 2.75) is 17.7 Å². The number of carbonyl (C=O) groups is 1. The van der Waals surface area contributed by atoms with Crippen LogP contribution in [0.4, 0.5) is 13.2 Å². The molecule has 0 N–H and O–H groups in total. The van der Waals surface area contributed by atoms with Crippen LogP contribution in [0.3, 0.4) is 0 Å².